The van der Waals surface area contributed by atoms with Gasteiger partial charge in [-0.15, -0.1) is 0 Å². The van der Waals surface area contributed by atoms with Crippen LogP contribution in [-0.2, 0) is 6.18 Å². The van der Waals surface area contributed by atoms with Crippen LogP contribution in [0.1, 0.15) is 46.6 Å². The highest BCUT2D eigenvalue weighted by molar-refractivity contribution is 5.76. The SMILES string of the molecule is CN1CCC(C2c3ccccc3C=Cc3ccc(C(F)(F)F)cc32)CC1. The lowest BCUT2D eigenvalue weighted by molar-refractivity contribution is -0.137. The molecule has 0 aromatic heterocycles. The van der Waals surface area contributed by atoms with E-state index in [4.69, 9.17) is 0 Å². The molecular weight excluding hydrogens is 335 g/mol. The molecule has 0 radical (unpaired) electrons. The molecular formula is C22H22F3N. The van der Waals surface area contributed by atoms with Crippen molar-refractivity contribution in [3.8, 4) is 0 Å². The van der Waals surface area contributed by atoms with Crippen molar-refractivity contribution in [2.24, 2.45) is 5.92 Å². The van der Waals surface area contributed by atoms with Crippen LogP contribution in [0, 0.1) is 5.92 Å². The van der Waals surface area contributed by atoms with E-state index in [1.54, 1.807) is 6.07 Å². The number of fused-ring (bicyclic) bond motifs is 2. The number of likely N-dealkylation sites (tertiary alicyclic amines) is 1. The first-order chi connectivity index (χ1) is 12.4. The molecule has 1 fully saturated rings. The molecule has 0 bridgehead atoms. The molecule has 136 valence electrons. The number of halogens is 3. The first kappa shape index (κ1) is 17.3. The minimum Gasteiger partial charge on any atom is -0.306 e. The Hall–Kier alpha value is -2.07. The maximum Gasteiger partial charge on any atom is 0.416 e. The quantitative estimate of drug-likeness (QED) is 0.636. The highest BCUT2D eigenvalue weighted by Crippen LogP contribution is 2.44. The Morgan fingerprint density at radius 3 is 2.23 bits per heavy atom. The molecule has 0 amide bonds. The summed E-state index contributed by atoms with van der Waals surface area (Å²) in [6.45, 7) is 1.98. The van der Waals surface area contributed by atoms with Crippen LogP contribution in [0.25, 0.3) is 12.2 Å². The average Bonchev–Trinajstić information content (AvgIpc) is 2.78. The van der Waals surface area contributed by atoms with E-state index in [9.17, 15) is 13.2 Å². The van der Waals surface area contributed by atoms with Crippen LogP contribution in [0.2, 0.25) is 0 Å². The molecule has 1 aliphatic heterocycles. The summed E-state index contributed by atoms with van der Waals surface area (Å²) in [6.07, 6.45) is 1.69. The van der Waals surface area contributed by atoms with Gasteiger partial charge in [0.1, 0.15) is 0 Å². The van der Waals surface area contributed by atoms with E-state index in [1.165, 1.54) is 12.1 Å². The van der Waals surface area contributed by atoms with Crippen molar-refractivity contribution in [2.75, 3.05) is 20.1 Å². The monoisotopic (exact) mass is 357 g/mol. The lowest BCUT2D eigenvalue weighted by Crippen LogP contribution is -2.33. The second-order valence-corrected chi connectivity index (χ2v) is 7.42. The van der Waals surface area contributed by atoms with Crippen LogP contribution in [0.15, 0.2) is 42.5 Å². The molecule has 0 N–H and O–H groups in total. The lowest BCUT2D eigenvalue weighted by Gasteiger charge is -2.36. The number of hydrogen-bond donors (Lipinski definition) is 0. The van der Waals surface area contributed by atoms with Gasteiger partial charge in [-0.05, 0) is 73.3 Å². The van der Waals surface area contributed by atoms with E-state index in [0.29, 0.717) is 5.92 Å². The summed E-state index contributed by atoms with van der Waals surface area (Å²) in [5.74, 6) is 0.363. The second kappa shape index (κ2) is 6.58. The molecule has 2 aromatic rings. The average molecular weight is 357 g/mol. The molecule has 1 heterocycles. The topological polar surface area (TPSA) is 3.24 Å². The summed E-state index contributed by atoms with van der Waals surface area (Å²) >= 11 is 0. The van der Waals surface area contributed by atoms with Gasteiger partial charge in [-0.3, -0.25) is 0 Å². The number of rotatable bonds is 1. The Labute approximate surface area is 152 Å². The van der Waals surface area contributed by atoms with Crippen molar-refractivity contribution in [3.05, 3.63) is 70.3 Å². The molecule has 1 unspecified atom stereocenters. The Morgan fingerprint density at radius 1 is 0.885 bits per heavy atom. The first-order valence-electron chi connectivity index (χ1n) is 9.10. The Bertz CT molecular complexity index is 830. The molecule has 2 aliphatic rings. The Kier molecular flexibility index (Phi) is 4.39. The third-order valence-electron chi connectivity index (χ3n) is 5.76. The van der Waals surface area contributed by atoms with Crippen molar-refractivity contribution < 1.29 is 13.2 Å². The predicted octanol–water partition coefficient (Wildman–Crippen LogP) is 5.66. The van der Waals surface area contributed by atoms with Gasteiger partial charge in [-0.1, -0.05) is 42.5 Å². The first-order valence-corrected chi connectivity index (χ1v) is 9.10. The van der Waals surface area contributed by atoms with Gasteiger partial charge < -0.3 is 4.90 Å². The Balaban J connectivity index is 1.86. The largest absolute Gasteiger partial charge is 0.416 e. The van der Waals surface area contributed by atoms with Gasteiger partial charge in [0, 0.05) is 5.92 Å². The molecule has 4 rings (SSSR count). The third kappa shape index (κ3) is 3.18. The standard InChI is InChI=1S/C22H22F3N/c1-26-12-10-17(11-13-26)21-19-5-3-2-4-15(19)6-7-16-8-9-18(14-20(16)21)22(23,24)25/h2-9,14,17,21H,10-13H2,1H3. The van der Waals surface area contributed by atoms with Gasteiger partial charge in [0.2, 0.25) is 0 Å². The van der Waals surface area contributed by atoms with Gasteiger partial charge in [0.15, 0.2) is 0 Å². The van der Waals surface area contributed by atoms with Crippen LogP contribution in [-0.4, -0.2) is 25.0 Å². The molecule has 0 saturated carbocycles. The number of alkyl halides is 3. The smallest absolute Gasteiger partial charge is 0.306 e. The number of piperidine rings is 1. The van der Waals surface area contributed by atoms with E-state index >= 15 is 0 Å². The van der Waals surface area contributed by atoms with Gasteiger partial charge in [0.05, 0.1) is 5.56 Å². The van der Waals surface area contributed by atoms with Gasteiger partial charge in [-0.2, -0.15) is 13.2 Å². The molecule has 0 spiro atoms. The van der Waals surface area contributed by atoms with Gasteiger partial charge in [-0.25, -0.2) is 0 Å². The maximum absolute atomic E-state index is 13.4. The number of nitrogens with zero attached hydrogens (tertiary/aromatic N) is 1. The predicted molar refractivity (Wildman–Crippen MR) is 98.9 cm³/mol. The molecule has 1 aliphatic carbocycles. The van der Waals surface area contributed by atoms with Gasteiger partial charge >= 0.3 is 6.18 Å². The normalized spacial score (nSPS) is 21.2. The van der Waals surface area contributed by atoms with E-state index in [0.717, 1.165) is 48.2 Å². The molecule has 26 heavy (non-hydrogen) atoms. The molecule has 1 atom stereocenters. The highest BCUT2D eigenvalue weighted by atomic mass is 19.4. The zero-order chi connectivity index (χ0) is 18.3. The summed E-state index contributed by atoms with van der Waals surface area (Å²) < 4.78 is 40.1. The molecule has 1 saturated heterocycles. The number of hydrogen-bond acceptors (Lipinski definition) is 1. The zero-order valence-electron chi connectivity index (χ0n) is 14.8. The zero-order valence-corrected chi connectivity index (χ0v) is 14.8. The van der Waals surface area contributed by atoms with Crippen LogP contribution in [0.4, 0.5) is 13.2 Å². The van der Waals surface area contributed by atoms with Crippen LogP contribution in [0.3, 0.4) is 0 Å². The van der Waals surface area contributed by atoms with E-state index in [2.05, 4.69) is 24.1 Å². The lowest BCUT2D eigenvalue weighted by atomic mass is 9.74. The van der Waals surface area contributed by atoms with Crippen molar-refractivity contribution in [1.29, 1.82) is 0 Å². The van der Waals surface area contributed by atoms with Crippen molar-refractivity contribution in [1.82, 2.24) is 4.90 Å². The van der Waals surface area contributed by atoms with E-state index < -0.39 is 11.7 Å². The second-order valence-electron chi connectivity index (χ2n) is 7.42. The van der Waals surface area contributed by atoms with Crippen LogP contribution >= 0.6 is 0 Å². The summed E-state index contributed by atoms with van der Waals surface area (Å²) in [7, 11) is 2.11. The van der Waals surface area contributed by atoms with Crippen LogP contribution < -0.4 is 0 Å². The summed E-state index contributed by atoms with van der Waals surface area (Å²) in [4.78, 5) is 2.30. The van der Waals surface area contributed by atoms with E-state index in [1.807, 2.05) is 24.3 Å². The van der Waals surface area contributed by atoms with Crippen molar-refractivity contribution >= 4 is 12.2 Å². The minimum atomic E-state index is -4.32. The summed E-state index contributed by atoms with van der Waals surface area (Å²) in [6, 6.07) is 12.3. The Morgan fingerprint density at radius 2 is 1.54 bits per heavy atom. The number of benzene rings is 2. The fourth-order valence-corrected chi connectivity index (χ4v) is 4.33. The van der Waals surface area contributed by atoms with Crippen molar-refractivity contribution in [3.63, 3.8) is 0 Å². The molecule has 4 heteroatoms. The summed E-state index contributed by atoms with van der Waals surface area (Å²) in [5.41, 5.74) is 3.42. The fourth-order valence-electron chi connectivity index (χ4n) is 4.33. The van der Waals surface area contributed by atoms with Crippen LogP contribution in [0.5, 0.6) is 0 Å². The maximum atomic E-state index is 13.4. The minimum absolute atomic E-state index is 0.00667. The third-order valence-corrected chi connectivity index (χ3v) is 5.76. The summed E-state index contributed by atoms with van der Waals surface area (Å²) in [5, 5.41) is 0. The van der Waals surface area contributed by atoms with Gasteiger partial charge in [0.25, 0.3) is 0 Å². The highest BCUT2D eigenvalue weighted by Gasteiger charge is 2.35. The fraction of sp³-hybridized carbons (Fsp3) is 0.364. The molecule has 1 nitrogen and oxygen atoms in total. The van der Waals surface area contributed by atoms with Crippen molar-refractivity contribution in [2.45, 2.75) is 24.9 Å². The molecule has 2 aromatic carbocycles. The van der Waals surface area contributed by atoms with E-state index in [-0.39, 0.29) is 5.92 Å².